The lowest BCUT2D eigenvalue weighted by Gasteiger charge is -2.34. The third-order valence-electron chi connectivity index (χ3n) is 3.36. The van der Waals surface area contributed by atoms with Crippen LogP contribution in [-0.2, 0) is 0 Å². The predicted molar refractivity (Wildman–Crippen MR) is 72.3 cm³/mol. The van der Waals surface area contributed by atoms with Gasteiger partial charge in [0.05, 0.1) is 0 Å². The van der Waals surface area contributed by atoms with Crippen LogP contribution >= 0.6 is 15.9 Å². The van der Waals surface area contributed by atoms with Gasteiger partial charge < -0.3 is 4.90 Å². The van der Waals surface area contributed by atoms with Crippen LogP contribution < -0.4 is 10.6 Å². The average Bonchev–Trinajstić information content (AvgIpc) is 2.69. The van der Waals surface area contributed by atoms with Crippen LogP contribution in [0.3, 0.4) is 0 Å². The molecule has 18 heavy (non-hydrogen) atoms. The first-order chi connectivity index (χ1) is 8.63. The zero-order valence-electron chi connectivity index (χ0n) is 10.0. The van der Waals surface area contributed by atoms with Crippen molar-refractivity contribution in [2.75, 3.05) is 18.5 Å². The molecule has 7 heteroatoms. The van der Waals surface area contributed by atoms with Crippen LogP contribution in [-0.4, -0.2) is 38.2 Å². The SMILES string of the molecule is CN(CC1CC(Br)C1)c1ccc2n[nH]c(=O)n2n1. The first-order valence-corrected chi connectivity index (χ1v) is 6.85. The van der Waals surface area contributed by atoms with Gasteiger partial charge in [-0.05, 0) is 30.9 Å². The van der Waals surface area contributed by atoms with Gasteiger partial charge in [-0.3, -0.25) is 0 Å². The summed E-state index contributed by atoms with van der Waals surface area (Å²) in [6.07, 6.45) is 2.41. The Labute approximate surface area is 112 Å². The summed E-state index contributed by atoms with van der Waals surface area (Å²) < 4.78 is 1.29. The summed E-state index contributed by atoms with van der Waals surface area (Å²) in [6.45, 7) is 0.965. The number of nitrogens with zero attached hydrogens (tertiary/aromatic N) is 4. The largest absolute Gasteiger partial charge is 0.364 e. The van der Waals surface area contributed by atoms with Gasteiger partial charge in [0.1, 0.15) is 5.82 Å². The zero-order valence-corrected chi connectivity index (χ0v) is 11.6. The van der Waals surface area contributed by atoms with Crippen molar-refractivity contribution in [1.82, 2.24) is 19.8 Å². The fourth-order valence-corrected chi connectivity index (χ4v) is 3.34. The number of aromatic nitrogens is 4. The van der Waals surface area contributed by atoms with Gasteiger partial charge in [-0.1, -0.05) is 15.9 Å². The van der Waals surface area contributed by atoms with Crippen molar-refractivity contribution in [2.24, 2.45) is 5.92 Å². The average molecular weight is 312 g/mol. The molecule has 0 aliphatic heterocycles. The molecule has 2 aromatic rings. The molecule has 6 nitrogen and oxygen atoms in total. The van der Waals surface area contributed by atoms with E-state index in [4.69, 9.17) is 0 Å². The molecule has 2 heterocycles. The van der Waals surface area contributed by atoms with Crippen LogP contribution in [0, 0.1) is 5.92 Å². The maximum Gasteiger partial charge on any atom is 0.364 e. The number of rotatable bonds is 3. The highest BCUT2D eigenvalue weighted by molar-refractivity contribution is 9.09. The Bertz CT molecular complexity index is 615. The monoisotopic (exact) mass is 311 g/mol. The van der Waals surface area contributed by atoms with Crippen LogP contribution in [0.15, 0.2) is 16.9 Å². The van der Waals surface area contributed by atoms with E-state index in [1.54, 1.807) is 6.07 Å². The molecule has 1 aliphatic carbocycles. The van der Waals surface area contributed by atoms with Gasteiger partial charge in [0.2, 0.25) is 0 Å². The topological polar surface area (TPSA) is 66.3 Å². The molecule has 1 aliphatic rings. The first-order valence-electron chi connectivity index (χ1n) is 5.93. The molecule has 1 N–H and O–H groups in total. The lowest BCUT2D eigenvalue weighted by molar-refractivity contribution is 0.338. The zero-order chi connectivity index (χ0) is 12.7. The van der Waals surface area contributed by atoms with E-state index in [1.165, 1.54) is 17.4 Å². The van der Waals surface area contributed by atoms with E-state index in [-0.39, 0.29) is 5.69 Å². The molecule has 3 rings (SSSR count). The molecule has 0 saturated heterocycles. The Hall–Kier alpha value is -1.37. The normalized spacial score (nSPS) is 23.0. The predicted octanol–water partition coefficient (Wildman–Crippen LogP) is 1.03. The molecule has 0 unspecified atom stereocenters. The summed E-state index contributed by atoms with van der Waals surface area (Å²) in [5.41, 5.74) is 0.241. The molecule has 0 radical (unpaired) electrons. The van der Waals surface area contributed by atoms with E-state index in [1.807, 2.05) is 13.1 Å². The van der Waals surface area contributed by atoms with Crippen molar-refractivity contribution in [3.05, 3.63) is 22.6 Å². The Balaban J connectivity index is 1.80. The van der Waals surface area contributed by atoms with E-state index in [0.29, 0.717) is 16.4 Å². The fourth-order valence-electron chi connectivity index (χ4n) is 2.28. The summed E-state index contributed by atoms with van der Waals surface area (Å²) in [6, 6.07) is 3.69. The summed E-state index contributed by atoms with van der Waals surface area (Å²) in [5.74, 6) is 1.50. The van der Waals surface area contributed by atoms with Crippen LogP contribution in [0.1, 0.15) is 12.8 Å². The van der Waals surface area contributed by atoms with Crippen molar-refractivity contribution in [3.63, 3.8) is 0 Å². The second-order valence-electron chi connectivity index (χ2n) is 4.81. The van der Waals surface area contributed by atoms with Crippen molar-refractivity contribution >= 4 is 27.4 Å². The number of nitrogens with one attached hydrogen (secondary N) is 1. The number of hydrogen-bond donors (Lipinski definition) is 1. The minimum Gasteiger partial charge on any atom is -0.358 e. The highest BCUT2D eigenvalue weighted by Gasteiger charge is 2.27. The molecular formula is C11H14BrN5O. The number of alkyl halides is 1. The molecule has 0 aromatic carbocycles. The maximum atomic E-state index is 11.4. The minimum atomic E-state index is -0.301. The van der Waals surface area contributed by atoms with Crippen LogP contribution in [0.2, 0.25) is 0 Å². The van der Waals surface area contributed by atoms with E-state index in [0.717, 1.165) is 12.4 Å². The summed E-state index contributed by atoms with van der Waals surface area (Å²) in [5, 5.41) is 10.5. The second kappa shape index (κ2) is 4.38. The highest BCUT2D eigenvalue weighted by Crippen LogP contribution is 2.34. The van der Waals surface area contributed by atoms with E-state index in [2.05, 4.69) is 36.1 Å². The molecule has 1 fully saturated rings. The number of H-pyrrole nitrogens is 1. The highest BCUT2D eigenvalue weighted by atomic mass is 79.9. The van der Waals surface area contributed by atoms with Crippen molar-refractivity contribution in [3.8, 4) is 0 Å². The number of hydrogen-bond acceptors (Lipinski definition) is 4. The number of anilines is 1. The molecule has 2 aromatic heterocycles. The van der Waals surface area contributed by atoms with Gasteiger partial charge in [0.15, 0.2) is 5.65 Å². The molecule has 0 spiro atoms. The van der Waals surface area contributed by atoms with Gasteiger partial charge in [0, 0.05) is 18.4 Å². The molecule has 96 valence electrons. The van der Waals surface area contributed by atoms with Crippen LogP contribution in [0.4, 0.5) is 5.82 Å². The first kappa shape index (κ1) is 11.7. The van der Waals surface area contributed by atoms with E-state index >= 15 is 0 Å². The smallest absolute Gasteiger partial charge is 0.358 e. The fraction of sp³-hybridized carbons (Fsp3) is 0.545. The summed E-state index contributed by atoms with van der Waals surface area (Å²) in [7, 11) is 2.00. The standard InChI is InChI=1S/C11H14BrN5O/c1-16(6-7-4-8(12)5-7)10-3-2-9-13-14-11(18)17(9)15-10/h2-3,7-8H,4-6H2,1H3,(H,14,18). The van der Waals surface area contributed by atoms with Crippen molar-refractivity contribution in [1.29, 1.82) is 0 Å². The third kappa shape index (κ3) is 2.03. The number of halogens is 1. The summed E-state index contributed by atoms with van der Waals surface area (Å²) >= 11 is 3.59. The lowest BCUT2D eigenvalue weighted by atomic mass is 9.85. The Morgan fingerprint density at radius 2 is 2.33 bits per heavy atom. The molecule has 0 atom stereocenters. The summed E-state index contributed by atoms with van der Waals surface area (Å²) in [4.78, 5) is 14.2. The Morgan fingerprint density at radius 3 is 3.06 bits per heavy atom. The Kier molecular flexibility index (Phi) is 2.85. The van der Waals surface area contributed by atoms with Gasteiger partial charge in [-0.25, -0.2) is 9.89 Å². The lowest BCUT2D eigenvalue weighted by Crippen LogP contribution is -2.35. The quantitative estimate of drug-likeness (QED) is 0.860. The van der Waals surface area contributed by atoms with Gasteiger partial charge in [-0.15, -0.1) is 5.10 Å². The second-order valence-corrected chi connectivity index (χ2v) is 6.10. The number of aromatic amines is 1. The molecule has 1 saturated carbocycles. The number of fused-ring (bicyclic) bond motifs is 1. The van der Waals surface area contributed by atoms with E-state index < -0.39 is 0 Å². The van der Waals surface area contributed by atoms with Gasteiger partial charge in [0.25, 0.3) is 0 Å². The minimum absolute atomic E-state index is 0.301. The maximum absolute atomic E-state index is 11.4. The van der Waals surface area contributed by atoms with E-state index in [9.17, 15) is 4.79 Å². The molecule has 0 bridgehead atoms. The molecule has 0 amide bonds. The Morgan fingerprint density at radius 1 is 1.56 bits per heavy atom. The van der Waals surface area contributed by atoms with Gasteiger partial charge in [-0.2, -0.15) is 9.61 Å². The van der Waals surface area contributed by atoms with Crippen molar-refractivity contribution < 1.29 is 0 Å². The van der Waals surface area contributed by atoms with Crippen LogP contribution in [0.5, 0.6) is 0 Å². The van der Waals surface area contributed by atoms with Gasteiger partial charge >= 0.3 is 5.69 Å². The van der Waals surface area contributed by atoms with Crippen molar-refractivity contribution in [2.45, 2.75) is 17.7 Å². The third-order valence-corrected chi connectivity index (χ3v) is 4.11. The van der Waals surface area contributed by atoms with Crippen LogP contribution in [0.25, 0.3) is 5.65 Å². The molecular weight excluding hydrogens is 298 g/mol.